The molecule has 2 unspecified atom stereocenters. The number of carbonyl (C=O) groups is 2. The zero-order valence-corrected chi connectivity index (χ0v) is 12.1. The first kappa shape index (κ1) is 15.2. The molecule has 3 nitrogen and oxygen atoms in total. The van der Waals surface area contributed by atoms with Gasteiger partial charge in [-0.2, -0.15) is 0 Å². The van der Waals surface area contributed by atoms with Gasteiger partial charge in [-0.05, 0) is 30.6 Å². The zero-order chi connectivity index (χ0) is 13.8. The third-order valence-electron chi connectivity index (χ3n) is 3.47. The molecular weight excluding hydrogens is 228 g/mol. The van der Waals surface area contributed by atoms with Crippen LogP contribution in [0.25, 0.3) is 0 Å². The molecule has 1 aliphatic carbocycles. The van der Waals surface area contributed by atoms with Crippen molar-refractivity contribution in [1.29, 1.82) is 0 Å². The minimum absolute atomic E-state index is 0.0548. The van der Waals surface area contributed by atoms with Crippen LogP contribution in [-0.2, 0) is 14.3 Å². The Balaban J connectivity index is 2.53. The lowest BCUT2D eigenvalue weighted by molar-refractivity contribution is -0.145. The van der Waals surface area contributed by atoms with Crippen LogP contribution in [0.15, 0.2) is 0 Å². The van der Waals surface area contributed by atoms with Crippen molar-refractivity contribution in [3.05, 3.63) is 0 Å². The second-order valence-electron chi connectivity index (χ2n) is 6.56. The number of Topliss-reactive ketones (excluding diaryl/α,β-unsaturated/α-hetero) is 1. The van der Waals surface area contributed by atoms with Gasteiger partial charge in [0.1, 0.15) is 5.78 Å². The van der Waals surface area contributed by atoms with Gasteiger partial charge in [-0.3, -0.25) is 9.59 Å². The molecule has 1 saturated carbocycles. The lowest BCUT2D eigenvalue weighted by Crippen LogP contribution is -2.24. The van der Waals surface area contributed by atoms with Crippen molar-refractivity contribution in [3.63, 3.8) is 0 Å². The van der Waals surface area contributed by atoms with E-state index in [0.717, 1.165) is 19.3 Å². The van der Waals surface area contributed by atoms with Crippen molar-refractivity contribution in [2.75, 3.05) is 6.61 Å². The van der Waals surface area contributed by atoms with Crippen LogP contribution in [0, 0.1) is 17.3 Å². The number of hydrogen-bond acceptors (Lipinski definition) is 3. The molecule has 0 amide bonds. The lowest BCUT2D eigenvalue weighted by Gasteiger charge is -2.26. The minimum Gasteiger partial charge on any atom is -0.466 e. The Morgan fingerprint density at radius 2 is 2.06 bits per heavy atom. The number of hydrogen-bond donors (Lipinski definition) is 0. The van der Waals surface area contributed by atoms with Gasteiger partial charge >= 0.3 is 5.97 Å². The molecule has 0 aromatic heterocycles. The van der Waals surface area contributed by atoms with Gasteiger partial charge in [-0.15, -0.1) is 0 Å². The Hall–Kier alpha value is -0.860. The molecule has 0 aromatic carbocycles. The van der Waals surface area contributed by atoms with Gasteiger partial charge in [-0.25, -0.2) is 0 Å². The van der Waals surface area contributed by atoms with E-state index in [1.54, 1.807) is 0 Å². The fraction of sp³-hybridized carbons (Fsp3) is 0.867. The quantitative estimate of drug-likeness (QED) is 0.706. The average Bonchev–Trinajstić information content (AvgIpc) is 2.56. The van der Waals surface area contributed by atoms with Crippen molar-refractivity contribution in [3.8, 4) is 0 Å². The summed E-state index contributed by atoms with van der Waals surface area (Å²) in [5.74, 6) is 0.439. The summed E-state index contributed by atoms with van der Waals surface area (Å²) in [6.45, 7) is 8.90. The molecule has 0 aliphatic heterocycles. The second kappa shape index (κ2) is 6.35. The first-order valence-electron chi connectivity index (χ1n) is 7.02. The van der Waals surface area contributed by atoms with Gasteiger partial charge in [0, 0.05) is 18.8 Å². The average molecular weight is 254 g/mol. The Morgan fingerprint density at radius 1 is 1.39 bits per heavy atom. The summed E-state index contributed by atoms with van der Waals surface area (Å²) in [6.07, 6.45) is 3.61. The molecule has 1 aliphatic rings. The fourth-order valence-corrected chi connectivity index (χ4v) is 2.65. The van der Waals surface area contributed by atoms with Crippen molar-refractivity contribution in [2.45, 2.75) is 59.8 Å². The summed E-state index contributed by atoms with van der Waals surface area (Å²) in [5.41, 5.74) is 0.135. The molecule has 0 spiro atoms. The smallest absolute Gasteiger partial charge is 0.306 e. The largest absolute Gasteiger partial charge is 0.466 e. The molecular formula is C15H26O3. The number of rotatable bonds is 5. The number of esters is 1. The third kappa shape index (κ3) is 4.79. The standard InChI is InChI=1S/C15H26O3/c1-5-8-18-14(17)9-11-6-7-13(16)12(11)10-15(2,3)4/h11-12H,5-10H2,1-4H3. The highest BCUT2D eigenvalue weighted by molar-refractivity contribution is 5.84. The van der Waals surface area contributed by atoms with Gasteiger partial charge in [0.05, 0.1) is 6.61 Å². The fourth-order valence-electron chi connectivity index (χ4n) is 2.65. The van der Waals surface area contributed by atoms with Gasteiger partial charge in [0.2, 0.25) is 0 Å². The van der Waals surface area contributed by atoms with Crippen LogP contribution < -0.4 is 0 Å². The molecule has 0 heterocycles. The van der Waals surface area contributed by atoms with E-state index in [1.807, 2.05) is 6.92 Å². The zero-order valence-electron chi connectivity index (χ0n) is 12.1. The topological polar surface area (TPSA) is 43.4 Å². The van der Waals surface area contributed by atoms with E-state index in [2.05, 4.69) is 20.8 Å². The first-order valence-corrected chi connectivity index (χ1v) is 7.02. The van der Waals surface area contributed by atoms with E-state index in [4.69, 9.17) is 4.74 Å². The lowest BCUT2D eigenvalue weighted by atomic mass is 9.79. The van der Waals surface area contributed by atoms with Gasteiger partial charge in [0.15, 0.2) is 0 Å². The van der Waals surface area contributed by atoms with Crippen LogP contribution in [0.3, 0.4) is 0 Å². The van der Waals surface area contributed by atoms with Crippen molar-refractivity contribution in [2.24, 2.45) is 17.3 Å². The summed E-state index contributed by atoms with van der Waals surface area (Å²) < 4.78 is 5.12. The van der Waals surface area contributed by atoms with Crippen molar-refractivity contribution >= 4 is 11.8 Å². The van der Waals surface area contributed by atoms with Crippen LogP contribution in [0.1, 0.15) is 59.8 Å². The molecule has 0 radical (unpaired) electrons. The maximum Gasteiger partial charge on any atom is 0.306 e. The maximum absolute atomic E-state index is 11.9. The molecule has 3 heteroatoms. The van der Waals surface area contributed by atoms with Gasteiger partial charge < -0.3 is 4.74 Å². The van der Waals surface area contributed by atoms with E-state index < -0.39 is 0 Å². The van der Waals surface area contributed by atoms with Crippen LogP contribution >= 0.6 is 0 Å². The summed E-state index contributed by atoms with van der Waals surface area (Å²) >= 11 is 0. The molecule has 1 rings (SSSR count). The number of ether oxygens (including phenoxy) is 1. The SMILES string of the molecule is CCCOC(=O)CC1CCC(=O)C1CC(C)(C)C. The molecule has 0 saturated heterocycles. The van der Waals surface area contributed by atoms with Crippen LogP contribution in [-0.4, -0.2) is 18.4 Å². The third-order valence-corrected chi connectivity index (χ3v) is 3.47. The molecule has 0 N–H and O–H groups in total. The van der Waals surface area contributed by atoms with Crippen LogP contribution in [0.2, 0.25) is 0 Å². The van der Waals surface area contributed by atoms with E-state index in [0.29, 0.717) is 25.2 Å². The Bertz CT molecular complexity index is 301. The Morgan fingerprint density at radius 3 is 2.61 bits per heavy atom. The highest BCUT2D eigenvalue weighted by Gasteiger charge is 2.38. The van der Waals surface area contributed by atoms with E-state index >= 15 is 0 Å². The summed E-state index contributed by atoms with van der Waals surface area (Å²) in [7, 11) is 0. The molecule has 104 valence electrons. The summed E-state index contributed by atoms with van der Waals surface area (Å²) in [4.78, 5) is 23.5. The number of carbonyl (C=O) groups excluding carboxylic acids is 2. The van der Waals surface area contributed by atoms with Gasteiger partial charge in [0.25, 0.3) is 0 Å². The van der Waals surface area contributed by atoms with E-state index in [9.17, 15) is 9.59 Å². The number of ketones is 1. The first-order chi connectivity index (χ1) is 8.33. The maximum atomic E-state index is 11.9. The van der Waals surface area contributed by atoms with E-state index in [-0.39, 0.29) is 23.2 Å². The molecule has 1 fully saturated rings. The predicted octanol–water partition coefficient (Wildman–Crippen LogP) is 3.36. The van der Waals surface area contributed by atoms with Gasteiger partial charge in [-0.1, -0.05) is 27.7 Å². The van der Waals surface area contributed by atoms with Crippen molar-refractivity contribution < 1.29 is 14.3 Å². The Kier molecular flexibility index (Phi) is 5.36. The predicted molar refractivity (Wildman–Crippen MR) is 71.2 cm³/mol. The van der Waals surface area contributed by atoms with Crippen LogP contribution in [0.5, 0.6) is 0 Å². The van der Waals surface area contributed by atoms with Crippen LogP contribution in [0.4, 0.5) is 0 Å². The summed E-state index contributed by atoms with van der Waals surface area (Å²) in [5, 5.41) is 0. The monoisotopic (exact) mass is 254 g/mol. The minimum atomic E-state index is -0.143. The van der Waals surface area contributed by atoms with Crippen molar-refractivity contribution in [1.82, 2.24) is 0 Å². The summed E-state index contributed by atoms with van der Waals surface area (Å²) in [6, 6.07) is 0. The highest BCUT2D eigenvalue weighted by Crippen LogP contribution is 2.39. The molecule has 2 atom stereocenters. The molecule has 0 bridgehead atoms. The molecule has 0 aromatic rings. The normalized spacial score (nSPS) is 24.3. The second-order valence-corrected chi connectivity index (χ2v) is 6.56. The van der Waals surface area contributed by atoms with E-state index in [1.165, 1.54) is 0 Å². The highest BCUT2D eigenvalue weighted by atomic mass is 16.5. The molecule has 18 heavy (non-hydrogen) atoms. The Labute approximate surface area is 110 Å².